The van der Waals surface area contributed by atoms with Crippen LogP contribution in [-0.2, 0) is 0 Å². The summed E-state index contributed by atoms with van der Waals surface area (Å²) in [7, 11) is 0. The summed E-state index contributed by atoms with van der Waals surface area (Å²) in [5.74, 6) is 0. The predicted molar refractivity (Wildman–Crippen MR) is 42.3 cm³/mol. The Labute approximate surface area is 116 Å². The van der Waals surface area contributed by atoms with Gasteiger partial charge in [0.1, 0.15) is 0 Å². The fourth-order valence-electron chi connectivity index (χ4n) is 2.23. The Morgan fingerprint density at radius 1 is 0.429 bits per heavy atom. The fourth-order valence-corrected chi connectivity index (χ4v) is 2.23. The maximum Gasteiger partial charge on any atom is 3.00 e. The van der Waals surface area contributed by atoms with Crippen LogP contribution in [0.1, 0.15) is 0 Å². The van der Waals surface area contributed by atoms with Crippen LogP contribution in [0.15, 0.2) is 0 Å². The summed E-state index contributed by atoms with van der Waals surface area (Å²) >= 11 is 0. The van der Waals surface area contributed by atoms with Crippen molar-refractivity contribution in [2.24, 2.45) is 0 Å². The second kappa shape index (κ2) is 6.83. The Morgan fingerprint density at radius 3 is 0.714 bits per heavy atom. The first kappa shape index (κ1) is 17.7. The Kier molecular flexibility index (Phi) is 8.65. The van der Waals surface area contributed by atoms with Gasteiger partial charge in [-0.05, 0) is 0 Å². The van der Waals surface area contributed by atoms with Gasteiger partial charge in [0, 0.05) is 0 Å². The molecule has 4 aliphatic rings. The molecule has 0 spiro atoms. The molecule has 4 heterocycles. The van der Waals surface area contributed by atoms with Gasteiger partial charge >= 0.3 is 19.8 Å². The van der Waals surface area contributed by atoms with Crippen LogP contribution in [0.3, 0.4) is 0 Å². The van der Waals surface area contributed by atoms with Crippen LogP contribution in [-0.4, -0.2) is 79.4 Å². The van der Waals surface area contributed by atoms with E-state index in [2.05, 4.69) is 19.6 Å². The Bertz CT molecular complexity index is 117. The first-order valence-electron chi connectivity index (χ1n) is 3.79. The van der Waals surface area contributed by atoms with Crippen molar-refractivity contribution in [1.29, 1.82) is 0 Å². The van der Waals surface area contributed by atoms with Gasteiger partial charge in [0.15, 0.2) is 0 Å². The topological polar surface area (TPSA) is 13.0 Å². The average Bonchev–Trinajstić information content (AvgIpc) is 1.82. The molecule has 0 aromatic rings. The second-order valence-electron chi connectivity index (χ2n) is 3.53. The maximum absolute atomic E-state index is 2.47. The zero-order chi connectivity index (χ0) is 6.55. The van der Waals surface area contributed by atoms with Crippen molar-refractivity contribution in [2.45, 2.75) is 0 Å². The third-order valence-corrected chi connectivity index (χ3v) is 2.40. The molecule has 4 nitrogen and oxygen atoms in total. The van der Waals surface area contributed by atoms with E-state index in [-0.39, 0.29) is 57.0 Å². The smallest absolute Gasteiger partial charge is 1.00 e. The Morgan fingerprint density at radius 2 is 0.571 bits per heavy atom. The summed E-state index contributed by atoms with van der Waals surface area (Å²) in [5.41, 5.74) is 0. The Balaban J connectivity index is 0. The summed E-state index contributed by atoms with van der Waals surface area (Å²) in [6, 6.07) is 0. The van der Waals surface area contributed by atoms with E-state index in [4.69, 9.17) is 0 Å². The molecule has 0 aliphatic carbocycles. The first-order chi connectivity index (χ1) is 4.90. The zero-order valence-corrected chi connectivity index (χ0v) is 12.4. The van der Waals surface area contributed by atoms with Crippen LogP contribution in [0.5, 0.6) is 0 Å². The molecule has 0 saturated carbocycles. The molecule has 0 amide bonds. The molecule has 4 rings (SSSR count). The number of hydrogen-bond acceptors (Lipinski definition) is 4. The van der Waals surface area contributed by atoms with Gasteiger partial charge in [-0.2, -0.15) is 0 Å². The van der Waals surface area contributed by atoms with E-state index < -0.39 is 0 Å². The van der Waals surface area contributed by atoms with Crippen LogP contribution in [0, 0.1) is 0 Å². The first-order valence-corrected chi connectivity index (χ1v) is 3.79. The van der Waals surface area contributed by atoms with Gasteiger partial charge < -0.3 is 37.2 Å². The molecular formula is C6H12Cl3GaN4. The summed E-state index contributed by atoms with van der Waals surface area (Å²) in [6.07, 6.45) is 0. The van der Waals surface area contributed by atoms with Crippen LogP contribution in [0.2, 0.25) is 0 Å². The van der Waals surface area contributed by atoms with Gasteiger partial charge in [-0.3, -0.25) is 19.6 Å². The number of hydrogen-bond donors (Lipinski definition) is 0. The molecule has 0 unspecified atom stereocenters. The van der Waals surface area contributed by atoms with E-state index in [0.717, 1.165) is 0 Å². The zero-order valence-electron chi connectivity index (χ0n) is 7.74. The minimum atomic E-state index is 0. The molecule has 0 atom stereocenters. The standard InChI is InChI=1S/C6H12N4.3ClH.Ga/c1-7-2-9-4-8(1)5-10(3-7)6-9;;;;/h1-6H2;3*1H;/q;;;;+3/p-3. The van der Waals surface area contributed by atoms with Crippen molar-refractivity contribution in [3.8, 4) is 0 Å². The molecule has 0 radical (unpaired) electrons. The van der Waals surface area contributed by atoms with Gasteiger partial charge in [-0.15, -0.1) is 0 Å². The summed E-state index contributed by atoms with van der Waals surface area (Å²) in [5, 5.41) is 0. The quantitative estimate of drug-likeness (QED) is 0.412. The van der Waals surface area contributed by atoms with Crippen molar-refractivity contribution < 1.29 is 37.2 Å². The SMILES string of the molecule is C1N2CN3CN1CN(C2)C3.[Cl-].[Cl-].[Cl-].[Ga+3]. The molecule has 0 aromatic heterocycles. The normalized spacial score (nSPS) is 41.1. The third kappa shape index (κ3) is 3.17. The number of nitrogens with zero attached hydrogens (tertiary/aromatic N) is 4. The summed E-state index contributed by atoms with van der Waals surface area (Å²) < 4.78 is 0. The Hall–Kier alpha value is 1.35. The molecule has 8 heteroatoms. The van der Waals surface area contributed by atoms with Gasteiger partial charge in [-0.25, -0.2) is 0 Å². The minimum Gasteiger partial charge on any atom is -1.00 e. The van der Waals surface area contributed by atoms with Gasteiger partial charge in [0.25, 0.3) is 0 Å². The van der Waals surface area contributed by atoms with E-state index in [1.54, 1.807) is 0 Å². The molecule has 0 aromatic carbocycles. The van der Waals surface area contributed by atoms with Crippen LogP contribution in [0.4, 0.5) is 0 Å². The van der Waals surface area contributed by atoms with Crippen molar-refractivity contribution in [3.63, 3.8) is 0 Å². The van der Waals surface area contributed by atoms with Crippen LogP contribution >= 0.6 is 0 Å². The van der Waals surface area contributed by atoms with E-state index in [0.29, 0.717) is 0 Å². The van der Waals surface area contributed by atoms with Crippen LogP contribution in [0.25, 0.3) is 0 Å². The van der Waals surface area contributed by atoms with E-state index in [1.165, 1.54) is 40.0 Å². The monoisotopic (exact) mass is 314 g/mol. The molecule has 4 aliphatic heterocycles. The second-order valence-corrected chi connectivity index (χ2v) is 3.53. The van der Waals surface area contributed by atoms with Gasteiger partial charge in [0.05, 0.1) is 40.0 Å². The number of halogens is 3. The summed E-state index contributed by atoms with van der Waals surface area (Å²) in [6.45, 7) is 7.12. The fraction of sp³-hybridized carbons (Fsp3) is 1.00. The molecule has 0 N–H and O–H groups in total. The van der Waals surface area contributed by atoms with Crippen LogP contribution < -0.4 is 37.2 Å². The van der Waals surface area contributed by atoms with E-state index in [1.807, 2.05) is 0 Å². The largest absolute Gasteiger partial charge is 3.00 e. The minimum absolute atomic E-state index is 0. The molecular weight excluding hydrogens is 304 g/mol. The third-order valence-electron chi connectivity index (χ3n) is 2.40. The van der Waals surface area contributed by atoms with E-state index >= 15 is 0 Å². The van der Waals surface area contributed by atoms with Crippen molar-refractivity contribution in [3.05, 3.63) is 0 Å². The predicted octanol–water partition coefficient (Wildman–Crippen LogP) is -10.4. The summed E-state index contributed by atoms with van der Waals surface area (Å²) in [4.78, 5) is 9.88. The van der Waals surface area contributed by atoms with Gasteiger partial charge in [0.2, 0.25) is 0 Å². The van der Waals surface area contributed by atoms with E-state index in [9.17, 15) is 0 Å². The molecule has 14 heavy (non-hydrogen) atoms. The van der Waals surface area contributed by atoms with Crippen molar-refractivity contribution >= 4 is 19.8 Å². The molecule has 4 bridgehead atoms. The average molecular weight is 316 g/mol. The van der Waals surface area contributed by atoms with Gasteiger partial charge in [-0.1, -0.05) is 0 Å². The molecule has 4 fully saturated rings. The van der Waals surface area contributed by atoms with Crippen molar-refractivity contribution in [1.82, 2.24) is 19.6 Å². The number of rotatable bonds is 0. The molecule has 80 valence electrons. The maximum atomic E-state index is 2.47. The molecule has 4 saturated heterocycles. The van der Waals surface area contributed by atoms with Crippen molar-refractivity contribution in [2.75, 3.05) is 40.0 Å².